The van der Waals surface area contributed by atoms with Gasteiger partial charge in [0, 0.05) is 18.4 Å². The molecule has 25 heavy (non-hydrogen) atoms. The van der Waals surface area contributed by atoms with Crippen molar-refractivity contribution in [2.24, 2.45) is 5.73 Å². The summed E-state index contributed by atoms with van der Waals surface area (Å²) in [5.74, 6) is 1.46. The summed E-state index contributed by atoms with van der Waals surface area (Å²) in [5.41, 5.74) is 9.49. The first-order chi connectivity index (χ1) is 12.3. The number of rotatable bonds is 7. The van der Waals surface area contributed by atoms with Gasteiger partial charge in [-0.25, -0.2) is 0 Å². The largest absolute Gasteiger partial charge is 0.493 e. The third-order valence-electron chi connectivity index (χ3n) is 4.06. The summed E-state index contributed by atoms with van der Waals surface area (Å²) in [5, 5.41) is 0. The molecule has 0 amide bonds. The first kappa shape index (κ1) is 17.0. The van der Waals surface area contributed by atoms with Crippen molar-refractivity contribution in [1.82, 2.24) is 4.98 Å². The van der Waals surface area contributed by atoms with Crippen LogP contribution in [-0.4, -0.2) is 12.1 Å². The van der Waals surface area contributed by atoms with E-state index < -0.39 is 0 Å². The van der Waals surface area contributed by atoms with Crippen LogP contribution in [0, 0.1) is 0 Å². The molecule has 2 aromatic carbocycles. The highest BCUT2D eigenvalue weighted by Crippen LogP contribution is 2.34. The molecule has 3 aromatic rings. The molecule has 4 nitrogen and oxygen atoms in total. The maximum atomic E-state index is 6.36. The van der Waals surface area contributed by atoms with Gasteiger partial charge in [-0.05, 0) is 35.2 Å². The van der Waals surface area contributed by atoms with Crippen molar-refractivity contribution in [2.75, 3.05) is 7.11 Å². The molecule has 0 aliphatic rings. The smallest absolute Gasteiger partial charge is 0.164 e. The number of nitrogens with zero attached hydrogens (tertiary/aromatic N) is 1. The Kier molecular flexibility index (Phi) is 5.65. The number of hydrogen-bond acceptors (Lipinski definition) is 4. The maximum absolute atomic E-state index is 6.36. The minimum absolute atomic E-state index is 0.153. The standard InChI is InChI=1S/C21H22N2O2/c1-24-20-11-5-9-17(13-19(22)18-10-6-12-23-14-18)21(20)25-15-16-7-3-2-4-8-16/h2-12,14,19H,13,15,22H2,1H3. The van der Waals surface area contributed by atoms with Crippen LogP contribution in [0.15, 0.2) is 73.1 Å². The van der Waals surface area contributed by atoms with Crippen LogP contribution in [-0.2, 0) is 13.0 Å². The van der Waals surface area contributed by atoms with Crippen molar-refractivity contribution >= 4 is 0 Å². The van der Waals surface area contributed by atoms with E-state index in [1.54, 1.807) is 19.5 Å². The molecule has 1 heterocycles. The molecule has 0 aliphatic carbocycles. The van der Waals surface area contributed by atoms with E-state index in [-0.39, 0.29) is 6.04 Å². The SMILES string of the molecule is COc1cccc(CC(N)c2cccnc2)c1OCc1ccccc1. The van der Waals surface area contributed by atoms with Crippen molar-refractivity contribution in [1.29, 1.82) is 0 Å². The molecule has 1 aromatic heterocycles. The Bertz CT molecular complexity index is 792. The van der Waals surface area contributed by atoms with E-state index in [2.05, 4.69) is 4.98 Å². The van der Waals surface area contributed by atoms with E-state index >= 15 is 0 Å². The molecule has 3 rings (SSSR count). The molecule has 128 valence electrons. The van der Waals surface area contributed by atoms with Gasteiger partial charge < -0.3 is 15.2 Å². The van der Waals surface area contributed by atoms with Crippen molar-refractivity contribution in [3.05, 3.63) is 89.7 Å². The fraction of sp³-hybridized carbons (Fsp3) is 0.190. The maximum Gasteiger partial charge on any atom is 0.164 e. The molecule has 0 aliphatic heterocycles. The van der Waals surface area contributed by atoms with Crippen molar-refractivity contribution in [3.8, 4) is 11.5 Å². The highest BCUT2D eigenvalue weighted by atomic mass is 16.5. The molecular weight excluding hydrogens is 312 g/mol. The molecule has 4 heteroatoms. The Morgan fingerprint density at radius 2 is 1.84 bits per heavy atom. The molecule has 0 saturated heterocycles. The number of pyridine rings is 1. The van der Waals surface area contributed by atoms with Gasteiger partial charge in [0.05, 0.1) is 7.11 Å². The lowest BCUT2D eigenvalue weighted by atomic mass is 10.00. The van der Waals surface area contributed by atoms with Crippen molar-refractivity contribution < 1.29 is 9.47 Å². The van der Waals surface area contributed by atoms with Gasteiger partial charge in [-0.3, -0.25) is 4.98 Å². The Balaban J connectivity index is 1.81. The lowest BCUT2D eigenvalue weighted by Gasteiger charge is -2.18. The van der Waals surface area contributed by atoms with Crippen LogP contribution in [0.4, 0.5) is 0 Å². The molecule has 0 bridgehead atoms. The fourth-order valence-corrected chi connectivity index (χ4v) is 2.73. The minimum Gasteiger partial charge on any atom is -0.493 e. The zero-order valence-electron chi connectivity index (χ0n) is 14.3. The van der Waals surface area contributed by atoms with Crippen LogP contribution < -0.4 is 15.2 Å². The number of para-hydroxylation sites is 1. The third kappa shape index (κ3) is 4.37. The van der Waals surface area contributed by atoms with E-state index in [0.717, 1.165) is 22.4 Å². The number of benzene rings is 2. The zero-order chi connectivity index (χ0) is 17.5. The topological polar surface area (TPSA) is 57.4 Å². The Morgan fingerprint density at radius 3 is 2.56 bits per heavy atom. The Morgan fingerprint density at radius 1 is 1.00 bits per heavy atom. The summed E-state index contributed by atoms with van der Waals surface area (Å²) in [6.45, 7) is 0.482. The van der Waals surface area contributed by atoms with Gasteiger partial charge in [-0.1, -0.05) is 48.5 Å². The van der Waals surface area contributed by atoms with Crippen LogP contribution in [0.5, 0.6) is 11.5 Å². The summed E-state index contributed by atoms with van der Waals surface area (Å²) < 4.78 is 11.6. The van der Waals surface area contributed by atoms with Crippen LogP contribution in [0.2, 0.25) is 0 Å². The van der Waals surface area contributed by atoms with Gasteiger partial charge in [0.25, 0.3) is 0 Å². The predicted octanol–water partition coefficient (Wildman–Crippen LogP) is 3.91. The number of methoxy groups -OCH3 is 1. The van der Waals surface area contributed by atoms with Gasteiger partial charge in [0.2, 0.25) is 0 Å². The number of aromatic nitrogens is 1. The van der Waals surface area contributed by atoms with E-state index in [0.29, 0.717) is 18.8 Å². The fourth-order valence-electron chi connectivity index (χ4n) is 2.73. The van der Waals surface area contributed by atoms with Gasteiger partial charge in [0.15, 0.2) is 11.5 Å². The number of nitrogens with two attached hydrogens (primary N) is 1. The molecule has 1 atom stereocenters. The summed E-state index contributed by atoms with van der Waals surface area (Å²) in [7, 11) is 1.65. The monoisotopic (exact) mass is 334 g/mol. The Labute approximate surface area is 148 Å². The molecular formula is C21H22N2O2. The second kappa shape index (κ2) is 8.31. The van der Waals surface area contributed by atoms with Crippen molar-refractivity contribution in [2.45, 2.75) is 19.1 Å². The molecule has 0 saturated carbocycles. The van der Waals surface area contributed by atoms with Crippen LogP contribution >= 0.6 is 0 Å². The highest BCUT2D eigenvalue weighted by Gasteiger charge is 2.15. The van der Waals surface area contributed by atoms with Gasteiger partial charge in [-0.15, -0.1) is 0 Å². The molecule has 0 radical (unpaired) electrons. The second-order valence-corrected chi connectivity index (χ2v) is 5.82. The number of hydrogen-bond donors (Lipinski definition) is 1. The normalized spacial score (nSPS) is 11.8. The molecule has 1 unspecified atom stereocenters. The van der Waals surface area contributed by atoms with Crippen LogP contribution in [0.3, 0.4) is 0 Å². The van der Waals surface area contributed by atoms with Crippen LogP contribution in [0.1, 0.15) is 22.7 Å². The Hall–Kier alpha value is -2.85. The van der Waals surface area contributed by atoms with Crippen molar-refractivity contribution in [3.63, 3.8) is 0 Å². The van der Waals surface area contributed by atoms with Gasteiger partial charge in [-0.2, -0.15) is 0 Å². The quantitative estimate of drug-likeness (QED) is 0.712. The minimum atomic E-state index is -0.153. The third-order valence-corrected chi connectivity index (χ3v) is 4.06. The van der Waals surface area contributed by atoms with E-state index in [9.17, 15) is 0 Å². The van der Waals surface area contributed by atoms with Crippen LogP contribution in [0.25, 0.3) is 0 Å². The van der Waals surface area contributed by atoms with Gasteiger partial charge >= 0.3 is 0 Å². The summed E-state index contributed by atoms with van der Waals surface area (Å²) in [6, 6.07) is 19.7. The van der Waals surface area contributed by atoms with Gasteiger partial charge in [0.1, 0.15) is 6.61 Å². The highest BCUT2D eigenvalue weighted by molar-refractivity contribution is 5.47. The average molecular weight is 334 g/mol. The number of ether oxygens (including phenoxy) is 2. The van der Waals surface area contributed by atoms with E-state index in [1.807, 2.05) is 60.7 Å². The molecule has 0 spiro atoms. The first-order valence-electron chi connectivity index (χ1n) is 8.26. The molecule has 2 N–H and O–H groups in total. The lowest BCUT2D eigenvalue weighted by Crippen LogP contribution is -2.14. The predicted molar refractivity (Wildman–Crippen MR) is 98.6 cm³/mol. The van der Waals surface area contributed by atoms with E-state index in [4.69, 9.17) is 15.2 Å². The average Bonchev–Trinajstić information content (AvgIpc) is 2.68. The second-order valence-electron chi connectivity index (χ2n) is 5.82. The summed E-state index contributed by atoms with van der Waals surface area (Å²) in [6.07, 6.45) is 4.19. The van der Waals surface area contributed by atoms with E-state index in [1.165, 1.54) is 0 Å². The first-order valence-corrected chi connectivity index (χ1v) is 8.26. The molecule has 0 fully saturated rings. The summed E-state index contributed by atoms with van der Waals surface area (Å²) >= 11 is 0. The lowest BCUT2D eigenvalue weighted by molar-refractivity contribution is 0.281. The summed E-state index contributed by atoms with van der Waals surface area (Å²) in [4.78, 5) is 4.14. The zero-order valence-corrected chi connectivity index (χ0v) is 14.3.